The van der Waals surface area contributed by atoms with Crippen LogP contribution >= 0.6 is 0 Å². The average Bonchev–Trinajstić information content (AvgIpc) is 3.28. The third kappa shape index (κ3) is 5.04. The first-order valence-corrected chi connectivity index (χ1v) is 12.9. The summed E-state index contributed by atoms with van der Waals surface area (Å²) in [4.78, 5) is 30.8. The second kappa shape index (κ2) is 10.5. The molecule has 0 saturated heterocycles. The Kier molecular flexibility index (Phi) is 7.13. The molecule has 9 heteroatoms. The van der Waals surface area contributed by atoms with Crippen molar-refractivity contribution in [3.8, 4) is 0 Å². The van der Waals surface area contributed by atoms with Crippen LogP contribution in [0.3, 0.4) is 0 Å². The van der Waals surface area contributed by atoms with Crippen LogP contribution in [0.1, 0.15) is 72.9 Å². The molecule has 0 radical (unpaired) electrons. The molecule has 1 atom stereocenters. The van der Waals surface area contributed by atoms with Gasteiger partial charge in [0.25, 0.3) is 0 Å². The number of hydrogen-bond donors (Lipinski definition) is 1. The van der Waals surface area contributed by atoms with Crippen molar-refractivity contribution in [2.45, 2.75) is 69.9 Å². The number of ether oxygens (including phenoxy) is 1. The Labute approximate surface area is 214 Å². The molecule has 5 rings (SSSR count). The number of fused-ring (bicyclic) bond motifs is 3. The van der Waals surface area contributed by atoms with Crippen LogP contribution < -0.4 is 0 Å². The number of aliphatic carboxylic acids is 1. The molecule has 1 amide bonds. The lowest BCUT2D eigenvalue weighted by Crippen LogP contribution is -2.35. The quantitative estimate of drug-likeness (QED) is 0.456. The SMILES string of the molecule is COC(=O)N1CCc2ccc3c(nc(C4CCCCC4)n3C[C@H](CC(=O)O)c3ccc(F)c(F)c3)c2C1. The Morgan fingerprint density at radius 2 is 1.92 bits per heavy atom. The standard InChI is InChI=1S/C28H31F2N3O4/c1-37-28(36)32-12-11-17-8-10-24-26(21(17)16-32)31-27(18-5-3-2-4-6-18)33(24)15-20(14-25(34)35)19-7-9-22(29)23(30)13-19/h7-10,13,18,20H,2-6,11-12,14-16H2,1H3,(H,34,35)/t20-/m0/s1. The number of methoxy groups -OCH3 is 1. The van der Waals surface area contributed by atoms with Gasteiger partial charge in [0, 0.05) is 30.5 Å². The van der Waals surface area contributed by atoms with Crippen molar-refractivity contribution in [2.24, 2.45) is 0 Å². The third-order valence-electron chi connectivity index (χ3n) is 7.79. The fourth-order valence-electron chi connectivity index (χ4n) is 5.88. The van der Waals surface area contributed by atoms with E-state index in [1.807, 2.05) is 6.07 Å². The molecule has 1 N–H and O–H groups in total. The van der Waals surface area contributed by atoms with E-state index in [0.29, 0.717) is 25.1 Å². The van der Waals surface area contributed by atoms with E-state index < -0.39 is 23.5 Å². The Morgan fingerprint density at radius 1 is 1.14 bits per heavy atom. The van der Waals surface area contributed by atoms with Gasteiger partial charge in [0.2, 0.25) is 0 Å². The number of nitrogens with zero attached hydrogens (tertiary/aromatic N) is 3. The predicted molar refractivity (Wildman–Crippen MR) is 133 cm³/mol. The summed E-state index contributed by atoms with van der Waals surface area (Å²) in [6, 6.07) is 7.68. The number of benzene rings is 2. The lowest BCUT2D eigenvalue weighted by Gasteiger charge is -2.27. The average molecular weight is 512 g/mol. The minimum Gasteiger partial charge on any atom is -0.481 e. The summed E-state index contributed by atoms with van der Waals surface area (Å²) in [6.07, 6.45) is 5.46. The summed E-state index contributed by atoms with van der Waals surface area (Å²) < 4.78 is 34.8. The Hall–Kier alpha value is -3.49. The van der Waals surface area contributed by atoms with Crippen LogP contribution in [0.4, 0.5) is 13.6 Å². The van der Waals surface area contributed by atoms with Crippen molar-refractivity contribution in [3.05, 3.63) is 64.5 Å². The van der Waals surface area contributed by atoms with Gasteiger partial charge < -0.3 is 19.3 Å². The summed E-state index contributed by atoms with van der Waals surface area (Å²) >= 11 is 0. The van der Waals surface area contributed by atoms with Crippen LogP contribution in [-0.4, -0.2) is 45.3 Å². The molecule has 1 aromatic heterocycles. The first kappa shape index (κ1) is 25.2. The second-order valence-corrected chi connectivity index (χ2v) is 10.1. The summed E-state index contributed by atoms with van der Waals surface area (Å²) in [5.41, 5.74) is 4.23. The van der Waals surface area contributed by atoms with Gasteiger partial charge >= 0.3 is 12.1 Å². The molecule has 7 nitrogen and oxygen atoms in total. The minimum absolute atomic E-state index is 0.226. The molecule has 1 aliphatic carbocycles. The topological polar surface area (TPSA) is 84.7 Å². The van der Waals surface area contributed by atoms with Crippen molar-refractivity contribution in [2.75, 3.05) is 13.7 Å². The molecule has 2 heterocycles. The maximum atomic E-state index is 14.1. The number of carboxylic acids is 1. The first-order chi connectivity index (χ1) is 17.9. The van der Waals surface area contributed by atoms with E-state index in [0.717, 1.165) is 65.8 Å². The maximum Gasteiger partial charge on any atom is 0.409 e. The highest BCUT2D eigenvalue weighted by molar-refractivity contribution is 5.82. The van der Waals surface area contributed by atoms with Gasteiger partial charge in [-0.15, -0.1) is 0 Å². The summed E-state index contributed by atoms with van der Waals surface area (Å²) in [7, 11) is 1.37. The van der Waals surface area contributed by atoms with E-state index in [1.165, 1.54) is 19.6 Å². The number of carbonyl (C=O) groups excluding carboxylic acids is 1. The zero-order valence-electron chi connectivity index (χ0n) is 20.9. The number of carboxylic acid groups (broad SMARTS) is 1. The van der Waals surface area contributed by atoms with Gasteiger partial charge in [-0.05, 0) is 48.6 Å². The van der Waals surface area contributed by atoms with Crippen LogP contribution in [0.15, 0.2) is 30.3 Å². The van der Waals surface area contributed by atoms with E-state index in [4.69, 9.17) is 9.72 Å². The fourth-order valence-corrected chi connectivity index (χ4v) is 5.88. The number of halogens is 2. The van der Waals surface area contributed by atoms with Crippen LogP contribution in [0.5, 0.6) is 0 Å². The van der Waals surface area contributed by atoms with Gasteiger partial charge in [0.1, 0.15) is 5.82 Å². The van der Waals surface area contributed by atoms with E-state index in [-0.39, 0.29) is 25.0 Å². The number of hydrogen-bond acceptors (Lipinski definition) is 4. The minimum atomic E-state index is -1.01. The van der Waals surface area contributed by atoms with Crippen LogP contribution in [0.25, 0.3) is 11.0 Å². The molecular weight excluding hydrogens is 480 g/mol. The fraction of sp³-hybridized carbons (Fsp3) is 0.464. The number of amides is 1. The van der Waals surface area contributed by atoms with Crippen LogP contribution in [0, 0.1) is 11.6 Å². The molecule has 1 fully saturated rings. The van der Waals surface area contributed by atoms with E-state index >= 15 is 0 Å². The molecule has 0 spiro atoms. The monoisotopic (exact) mass is 511 g/mol. The van der Waals surface area contributed by atoms with Crippen molar-refractivity contribution in [3.63, 3.8) is 0 Å². The number of imidazole rings is 1. The summed E-state index contributed by atoms with van der Waals surface area (Å²) in [5.74, 6) is -2.41. The Balaban J connectivity index is 1.61. The van der Waals surface area contributed by atoms with Crippen molar-refractivity contribution < 1.29 is 28.2 Å². The predicted octanol–water partition coefficient (Wildman–Crippen LogP) is 5.75. The molecular formula is C28H31F2N3O4. The lowest BCUT2D eigenvalue weighted by atomic mass is 9.88. The lowest BCUT2D eigenvalue weighted by molar-refractivity contribution is -0.137. The zero-order valence-corrected chi connectivity index (χ0v) is 20.9. The van der Waals surface area contributed by atoms with E-state index in [9.17, 15) is 23.5 Å². The van der Waals surface area contributed by atoms with Crippen LogP contribution in [0.2, 0.25) is 0 Å². The highest BCUT2D eigenvalue weighted by atomic mass is 19.2. The van der Waals surface area contributed by atoms with Gasteiger partial charge in [-0.3, -0.25) is 4.79 Å². The van der Waals surface area contributed by atoms with Crippen LogP contribution in [-0.2, 0) is 29.0 Å². The highest BCUT2D eigenvalue weighted by Gasteiger charge is 2.29. The van der Waals surface area contributed by atoms with Gasteiger partial charge in [-0.25, -0.2) is 18.6 Å². The molecule has 3 aromatic rings. The van der Waals surface area contributed by atoms with Gasteiger partial charge in [-0.1, -0.05) is 31.4 Å². The largest absolute Gasteiger partial charge is 0.481 e. The van der Waals surface area contributed by atoms with Crippen molar-refractivity contribution >= 4 is 23.1 Å². The molecule has 37 heavy (non-hydrogen) atoms. The highest BCUT2D eigenvalue weighted by Crippen LogP contribution is 2.38. The number of aromatic nitrogens is 2. The molecule has 2 aliphatic rings. The summed E-state index contributed by atoms with van der Waals surface area (Å²) in [6.45, 7) is 1.24. The molecule has 1 aliphatic heterocycles. The Bertz CT molecular complexity index is 1330. The number of carbonyl (C=O) groups is 2. The Morgan fingerprint density at radius 3 is 2.62 bits per heavy atom. The van der Waals surface area contributed by atoms with Crippen molar-refractivity contribution in [1.29, 1.82) is 0 Å². The van der Waals surface area contributed by atoms with E-state index in [2.05, 4.69) is 10.6 Å². The van der Waals surface area contributed by atoms with Gasteiger partial charge in [0.05, 0.1) is 31.1 Å². The molecule has 0 bridgehead atoms. The molecule has 0 unspecified atom stereocenters. The second-order valence-electron chi connectivity index (χ2n) is 10.1. The van der Waals surface area contributed by atoms with E-state index in [1.54, 1.807) is 4.90 Å². The summed E-state index contributed by atoms with van der Waals surface area (Å²) in [5, 5.41) is 9.65. The zero-order chi connectivity index (χ0) is 26.1. The van der Waals surface area contributed by atoms with Gasteiger partial charge in [-0.2, -0.15) is 0 Å². The normalized spacial score (nSPS) is 17.0. The molecule has 1 saturated carbocycles. The number of rotatable bonds is 6. The first-order valence-electron chi connectivity index (χ1n) is 12.9. The van der Waals surface area contributed by atoms with Crippen molar-refractivity contribution in [1.82, 2.24) is 14.5 Å². The smallest absolute Gasteiger partial charge is 0.409 e. The third-order valence-corrected chi connectivity index (χ3v) is 7.79. The molecule has 2 aromatic carbocycles. The maximum absolute atomic E-state index is 14.1. The molecule has 196 valence electrons. The van der Waals surface area contributed by atoms with Gasteiger partial charge in [0.15, 0.2) is 11.6 Å².